The molecule has 7 nitrogen and oxygen atoms in total. The zero-order chi connectivity index (χ0) is 21.7. The predicted molar refractivity (Wildman–Crippen MR) is 118 cm³/mol. The number of ether oxygens (including phenoxy) is 3. The summed E-state index contributed by atoms with van der Waals surface area (Å²) in [6, 6.07) is 10.9. The first-order chi connectivity index (χ1) is 14.5. The van der Waals surface area contributed by atoms with Crippen molar-refractivity contribution in [3.63, 3.8) is 0 Å². The molecule has 0 radical (unpaired) electrons. The topological polar surface area (TPSA) is 65.8 Å². The van der Waals surface area contributed by atoms with E-state index in [9.17, 15) is 4.79 Å². The zero-order valence-electron chi connectivity index (χ0n) is 17.0. The molecule has 0 atom stereocenters. The van der Waals surface area contributed by atoms with Crippen LogP contribution in [0.15, 0.2) is 36.4 Å². The molecule has 0 unspecified atom stereocenters. The number of rotatable bonds is 8. The summed E-state index contributed by atoms with van der Waals surface area (Å²) in [5.74, 6) is 0.349. The number of amides is 1. The smallest absolute Gasteiger partial charge is 0.391 e. The van der Waals surface area contributed by atoms with Crippen molar-refractivity contribution >= 4 is 40.2 Å². The molecule has 0 aliphatic rings. The lowest BCUT2D eigenvalue weighted by Gasteiger charge is -2.21. The largest absolute Gasteiger partial charge is 0.416 e. The first kappa shape index (κ1) is 22.4. The highest BCUT2D eigenvalue weighted by Gasteiger charge is 2.21. The molecular formula is C21H23Cl2N3O4. The Labute approximate surface area is 185 Å². The minimum absolute atomic E-state index is 0.349. The summed E-state index contributed by atoms with van der Waals surface area (Å²) in [7, 11) is 4.89. The van der Waals surface area contributed by atoms with Gasteiger partial charge in [0.1, 0.15) is 5.52 Å². The van der Waals surface area contributed by atoms with Gasteiger partial charge in [-0.2, -0.15) is 5.10 Å². The molecule has 0 spiro atoms. The fourth-order valence-corrected chi connectivity index (χ4v) is 3.59. The summed E-state index contributed by atoms with van der Waals surface area (Å²) < 4.78 is 17.4. The molecule has 3 aromatic rings. The second-order valence-corrected chi connectivity index (χ2v) is 7.44. The van der Waals surface area contributed by atoms with Crippen molar-refractivity contribution in [2.75, 3.05) is 40.5 Å². The highest BCUT2D eigenvalue weighted by Crippen LogP contribution is 2.37. The number of fused-ring (bicyclic) bond motifs is 1. The molecule has 0 bridgehead atoms. The molecular weight excluding hydrogens is 429 g/mol. The molecule has 1 amide bonds. The van der Waals surface area contributed by atoms with Gasteiger partial charge in [-0.05, 0) is 18.2 Å². The van der Waals surface area contributed by atoms with Gasteiger partial charge >= 0.3 is 6.09 Å². The quantitative estimate of drug-likeness (QED) is 0.498. The molecule has 0 saturated carbocycles. The number of aryl methyl sites for hydroxylation is 1. The van der Waals surface area contributed by atoms with Crippen LogP contribution >= 0.6 is 23.2 Å². The van der Waals surface area contributed by atoms with E-state index < -0.39 is 6.09 Å². The molecule has 0 N–H and O–H groups in total. The molecule has 0 aliphatic carbocycles. The molecule has 9 heteroatoms. The maximum absolute atomic E-state index is 12.8. The minimum atomic E-state index is -0.496. The van der Waals surface area contributed by atoms with Gasteiger partial charge < -0.3 is 19.1 Å². The molecule has 0 saturated heterocycles. The highest BCUT2D eigenvalue weighted by molar-refractivity contribution is 6.36. The van der Waals surface area contributed by atoms with Crippen LogP contribution < -0.4 is 4.74 Å². The number of hydrogen-bond acceptors (Lipinski definition) is 5. The van der Waals surface area contributed by atoms with Gasteiger partial charge in [0.25, 0.3) is 0 Å². The summed E-state index contributed by atoms with van der Waals surface area (Å²) in [4.78, 5) is 14.3. The normalized spacial score (nSPS) is 11.1. The number of methoxy groups -OCH3 is 2. The van der Waals surface area contributed by atoms with Crippen molar-refractivity contribution < 1.29 is 19.0 Å². The average Bonchev–Trinajstić information content (AvgIpc) is 3.03. The van der Waals surface area contributed by atoms with E-state index in [1.54, 1.807) is 38.1 Å². The van der Waals surface area contributed by atoms with E-state index in [4.69, 9.17) is 37.4 Å². The van der Waals surface area contributed by atoms with Crippen LogP contribution in [0.4, 0.5) is 4.79 Å². The Balaban J connectivity index is 1.95. The first-order valence-electron chi connectivity index (χ1n) is 9.32. The lowest BCUT2D eigenvalue weighted by molar-refractivity contribution is 0.100. The van der Waals surface area contributed by atoms with Gasteiger partial charge in [-0.25, -0.2) is 9.48 Å². The van der Waals surface area contributed by atoms with Crippen molar-refractivity contribution in [3.8, 4) is 17.0 Å². The highest BCUT2D eigenvalue weighted by atomic mass is 35.5. The van der Waals surface area contributed by atoms with E-state index in [0.717, 1.165) is 11.1 Å². The number of carbonyl (C=O) groups excluding carboxylic acids is 1. The van der Waals surface area contributed by atoms with E-state index in [1.807, 2.05) is 24.3 Å². The van der Waals surface area contributed by atoms with Crippen LogP contribution in [0.1, 0.15) is 0 Å². The fraction of sp³-hybridized carbons (Fsp3) is 0.333. The summed E-state index contributed by atoms with van der Waals surface area (Å²) >= 11 is 12.4. The Hall–Kier alpha value is -2.32. The Morgan fingerprint density at radius 2 is 1.77 bits per heavy atom. The third-order valence-electron chi connectivity index (χ3n) is 4.60. The second-order valence-electron chi connectivity index (χ2n) is 6.60. The molecule has 3 rings (SSSR count). The molecule has 0 aliphatic heterocycles. The van der Waals surface area contributed by atoms with Crippen molar-refractivity contribution in [1.82, 2.24) is 14.7 Å². The number of hydrogen-bond donors (Lipinski definition) is 0. The predicted octanol–water partition coefficient (Wildman–Crippen LogP) is 4.64. The maximum atomic E-state index is 12.8. The third kappa shape index (κ3) is 4.87. The van der Waals surface area contributed by atoms with Gasteiger partial charge in [0.15, 0.2) is 0 Å². The fourth-order valence-electron chi connectivity index (χ4n) is 3.08. The number of nitrogens with zero attached hydrogens (tertiary/aromatic N) is 3. The SMILES string of the molecule is COCCN(CCOC)C(=O)Oc1c2cccc(-c3ccc(Cl)cc3Cl)c2nn1C. The van der Waals surface area contributed by atoms with E-state index in [0.29, 0.717) is 53.1 Å². The van der Waals surface area contributed by atoms with Crippen LogP contribution in [0, 0.1) is 0 Å². The van der Waals surface area contributed by atoms with Crippen molar-refractivity contribution in [3.05, 3.63) is 46.4 Å². The lowest BCUT2D eigenvalue weighted by Crippen LogP contribution is -2.38. The molecule has 1 aromatic heterocycles. The zero-order valence-corrected chi connectivity index (χ0v) is 18.5. The Kier molecular flexibility index (Phi) is 7.55. The van der Waals surface area contributed by atoms with Crippen molar-refractivity contribution in [2.24, 2.45) is 7.05 Å². The summed E-state index contributed by atoms with van der Waals surface area (Å²) in [5.41, 5.74) is 2.29. The van der Waals surface area contributed by atoms with Crippen LogP contribution in [-0.2, 0) is 16.5 Å². The number of halogens is 2. The average molecular weight is 452 g/mol. The van der Waals surface area contributed by atoms with Gasteiger partial charge in [-0.1, -0.05) is 41.4 Å². The van der Waals surface area contributed by atoms with Gasteiger partial charge in [0, 0.05) is 55.5 Å². The monoisotopic (exact) mass is 451 g/mol. The van der Waals surface area contributed by atoms with Crippen molar-refractivity contribution in [2.45, 2.75) is 0 Å². The molecule has 2 aromatic carbocycles. The summed E-state index contributed by atoms with van der Waals surface area (Å²) in [6.07, 6.45) is -0.496. The van der Waals surface area contributed by atoms with Crippen LogP contribution in [0.25, 0.3) is 22.0 Å². The molecule has 30 heavy (non-hydrogen) atoms. The number of benzene rings is 2. The Bertz CT molecular complexity index is 1030. The Morgan fingerprint density at radius 3 is 2.40 bits per heavy atom. The third-order valence-corrected chi connectivity index (χ3v) is 5.15. The summed E-state index contributed by atoms with van der Waals surface area (Å²) in [6.45, 7) is 1.56. The summed E-state index contributed by atoms with van der Waals surface area (Å²) in [5, 5.41) is 6.34. The Morgan fingerprint density at radius 1 is 1.07 bits per heavy atom. The van der Waals surface area contributed by atoms with Crippen LogP contribution in [-0.4, -0.2) is 61.3 Å². The van der Waals surface area contributed by atoms with E-state index >= 15 is 0 Å². The van der Waals surface area contributed by atoms with Gasteiger partial charge in [0.2, 0.25) is 5.88 Å². The maximum Gasteiger partial charge on any atom is 0.416 e. The van der Waals surface area contributed by atoms with Gasteiger partial charge in [0.05, 0.1) is 18.6 Å². The van der Waals surface area contributed by atoms with Crippen LogP contribution in [0.2, 0.25) is 10.0 Å². The first-order valence-corrected chi connectivity index (χ1v) is 10.1. The molecule has 0 fully saturated rings. The van der Waals surface area contributed by atoms with E-state index in [2.05, 4.69) is 5.10 Å². The standard InChI is InChI=1S/C21H23Cl2N3O4/c1-25-20(30-21(27)26(9-11-28-2)10-12-29-3)17-6-4-5-16(19(17)24-25)15-8-7-14(22)13-18(15)23/h4-8,13H,9-12H2,1-3H3. The van der Waals surface area contributed by atoms with Crippen molar-refractivity contribution in [1.29, 1.82) is 0 Å². The van der Waals surface area contributed by atoms with Gasteiger partial charge in [-0.15, -0.1) is 0 Å². The van der Waals surface area contributed by atoms with E-state index in [-0.39, 0.29) is 0 Å². The van der Waals surface area contributed by atoms with Gasteiger partial charge in [-0.3, -0.25) is 0 Å². The molecule has 160 valence electrons. The minimum Gasteiger partial charge on any atom is -0.391 e. The second kappa shape index (κ2) is 10.1. The molecule has 1 heterocycles. The van der Waals surface area contributed by atoms with E-state index in [1.165, 1.54) is 4.90 Å². The number of carbonyl (C=O) groups is 1. The number of aromatic nitrogens is 2. The lowest BCUT2D eigenvalue weighted by atomic mass is 10.0. The van der Waals surface area contributed by atoms with Crippen LogP contribution in [0.3, 0.4) is 0 Å². The van der Waals surface area contributed by atoms with Crippen LogP contribution in [0.5, 0.6) is 5.88 Å².